The average molecular weight is 260 g/mol. The van der Waals surface area contributed by atoms with Crippen LogP contribution in [0.1, 0.15) is 19.3 Å². The Morgan fingerprint density at radius 2 is 2.16 bits per heavy atom. The number of benzene rings is 1. The molecule has 7 nitrogen and oxygen atoms in total. The Kier molecular flexibility index (Phi) is 3.93. The standard InChI is InChI=1S/C12H12N4O3/c1-2-3-4-5-8-13-9-6-7-10(16(17)18)12-11(9)14-19-15-12/h1,6-7,13H,3-5,8H2. The second kappa shape index (κ2) is 5.82. The number of fused-ring (bicyclic) bond motifs is 1. The summed E-state index contributed by atoms with van der Waals surface area (Å²) in [6.07, 6.45) is 7.74. The first-order chi connectivity index (χ1) is 9.24. The number of rotatable bonds is 6. The molecular weight excluding hydrogens is 248 g/mol. The fraction of sp³-hybridized carbons (Fsp3) is 0.333. The zero-order valence-corrected chi connectivity index (χ0v) is 10.1. The van der Waals surface area contributed by atoms with Crippen molar-refractivity contribution in [3.8, 4) is 12.3 Å². The molecule has 1 aromatic heterocycles. The van der Waals surface area contributed by atoms with Crippen molar-refractivity contribution in [2.45, 2.75) is 19.3 Å². The van der Waals surface area contributed by atoms with E-state index in [9.17, 15) is 10.1 Å². The molecule has 0 aliphatic carbocycles. The Morgan fingerprint density at radius 1 is 1.37 bits per heavy atom. The Balaban J connectivity index is 2.12. The number of anilines is 1. The third-order valence-electron chi connectivity index (χ3n) is 2.65. The van der Waals surface area contributed by atoms with E-state index < -0.39 is 4.92 Å². The van der Waals surface area contributed by atoms with Gasteiger partial charge < -0.3 is 5.32 Å². The first-order valence-electron chi connectivity index (χ1n) is 5.81. The average Bonchev–Trinajstić information content (AvgIpc) is 2.87. The molecule has 19 heavy (non-hydrogen) atoms. The van der Waals surface area contributed by atoms with Crippen molar-refractivity contribution < 1.29 is 9.55 Å². The molecule has 0 aliphatic heterocycles. The van der Waals surface area contributed by atoms with E-state index in [4.69, 9.17) is 6.42 Å². The highest BCUT2D eigenvalue weighted by Gasteiger charge is 2.19. The lowest BCUT2D eigenvalue weighted by Gasteiger charge is -2.05. The fourth-order valence-electron chi connectivity index (χ4n) is 1.72. The van der Waals surface area contributed by atoms with E-state index in [1.54, 1.807) is 6.07 Å². The van der Waals surface area contributed by atoms with Gasteiger partial charge in [0, 0.05) is 19.0 Å². The molecule has 1 heterocycles. The van der Waals surface area contributed by atoms with Crippen molar-refractivity contribution in [3.63, 3.8) is 0 Å². The maximum absolute atomic E-state index is 10.8. The van der Waals surface area contributed by atoms with Gasteiger partial charge >= 0.3 is 5.69 Å². The predicted octanol–water partition coefficient (Wildman–Crippen LogP) is 2.35. The highest BCUT2D eigenvalue weighted by molar-refractivity contribution is 5.93. The van der Waals surface area contributed by atoms with Crippen LogP contribution in [0.3, 0.4) is 0 Å². The lowest BCUT2D eigenvalue weighted by atomic mass is 10.2. The molecule has 0 unspecified atom stereocenters. The number of nitro benzene ring substituents is 1. The molecule has 0 atom stereocenters. The first-order valence-corrected chi connectivity index (χ1v) is 5.81. The Morgan fingerprint density at radius 3 is 2.89 bits per heavy atom. The number of hydrogen-bond acceptors (Lipinski definition) is 6. The van der Waals surface area contributed by atoms with E-state index in [2.05, 4.69) is 26.2 Å². The molecule has 0 amide bonds. The minimum Gasteiger partial charge on any atom is -0.383 e. The molecule has 0 saturated carbocycles. The SMILES string of the molecule is C#CCCCCNc1ccc([N+](=O)[O-])c2nonc12. The van der Waals surface area contributed by atoms with Crippen LogP contribution in [0.4, 0.5) is 11.4 Å². The smallest absolute Gasteiger partial charge is 0.300 e. The second-order valence-electron chi connectivity index (χ2n) is 3.94. The van der Waals surface area contributed by atoms with Crippen LogP contribution in [0.25, 0.3) is 11.0 Å². The highest BCUT2D eigenvalue weighted by atomic mass is 16.6. The number of nitro groups is 1. The maximum atomic E-state index is 10.8. The van der Waals surface area contributed by atoms with Gasteiger partial charge in [0.05, 0.1) is 10.6 Å². The molecular formula is C12H12N4O3. The summed E-state index contributed by atoms with van der Waals surface area (Å²) in [5, 5.41) is 21.2. The number of nitrogens with one attached hydrogen (secondary N) is 1. The number of aromatic nitrogens is 2. The normalized spacial score (nSPS) is 10.3. The van der Waals surface area contributed by atoms with Crippen LogP contribution in [0, 0.1) is 22.5 Å². The molecule has 98 valence electrons. The maximum Gasteiger partial charge on any atom is 0.300 e. The number of non-ortho nitro benzene ring substituents is 1. The molecule has 1 N–H and O–H groups in total. The van der Waals surface area contributed by atoms with Crippen molar-refractivity contribution in [2.24, 2.45) is 0 Å². The minimum absolute atomic E-state index is 0.117. The summed E-state index contributed by atoms with van der Waals surface area (Å²) < 4.78 is 4.57. The topological polar surface area (TPSA) is 94.1 Å². The number of nitrogens with zero attached hydrogens (tertiary/aromatic N) is 3. The predicted molar refractivity (Wildman–Crippen MR) is 69.6 cm³/mol. The van der Waals surface area contributed by atoms with Gasteiger partial charge in [0.25, 0.3) is 0 Å². The molecule has 0 fully saturated rings. The second-order valence-corrected chi connectivity index (χ2v) is 3.94. The van der Waals surface area contributed by atoms with Gasteiger partial charge in [-0.1, -0.05) is 0 Å². The molecule has 1 aromatic carbocycles. The van der Waals surface area contributed by atoms with Gasteiger partial charge in [0.1, 0.15) is 0 Å². The van der Waals surface area contributed by atoms with Gasteiger partial charge in [0.15, 0.2) is 5.52 Å². The van der Waals surface area contributed by atoms with Crippen LogP contribution >= 0.6 is 0 Å². The summed E-state index contributed by atoms with van der Waals surface area (Å²) in [5.74, 6) is 2.57. The Hall–Kier alpha value is -2.62. The third kappa shape index (κ3) is 2.80. The summed E-state index contributed by atoms with van der Waals surface area (Å²) in [7, 11) is 0. The lowest BCUT2D eigenvalue weighted by molar-refractivity contribution is -0.383. The summed E-state index contributed by atoms with van der Waals surface area (Å²) in [4.78, 5) is 10.3. The number of hydrogen-bond donors (Lipinski definition) is 1. The van der Waals surface area contributed by atoms with E-state index in [1.807, 2.05) is 0 Å². The van der Waals surface area contributed by atoms with Crippen LogP contribution in [0.5, 0.6) is 0 Å². The zero-order valence-electron chi connectivity index (χ0n) is 10.1. The van der Waals surface area contributed by atoms with Crippen LogP contribution in [0.15, 0.2) is 16.8 Å². The van der Waals surface area contributed by atoms with Crippen molar-refractivity contribution in [2.75, 3.05) is 11.9 Å². The Labute approximate surface area is 109 Å². The van der Waals surface area contributed by atoms with Gasteiger partial charge in [-0.25, -0.2) is 4.63 Å². The molecule has 0 saturated heterocycles. The van der Waals surface area contributed by atoms with E-state index in [0.29, 0.717) is 17.7 Å². The summed E-state index contributed by atoms with van der Waals surface area (Å²) >= 11 is 0. The molecule has 0 radical (unpaired) electrons. The fourth-order valence-corrected chi connectivity index (χ4v) is 1.72. The molecule has 0 bridgehead atoms. The number of terminal acetylenes is 1. The summed E-state index contributed by atoms with van der Waals surface area (Å²) in [6.45, 7) is 0.710. The summed E-state index contributed by atoms with van der Waals surface area (Å²) in [5.41, 5.74) is 1.07. The van der Waals surface area contributed by atoms with Crippen molar-refractivity contribution >= 4 is 22.4 Å². The molecule has 2 rings (SSSR count). The van der Waals surface area contributed by atoms with E-state index >= 15 is 0 Å². The lowest BCUT2D eigenvalue weighted by Crippen LogP contribution is -2.02. The van der Waals surface area contributed by atoms with Crippen molar-refractivity contribution in [3.05, 3.63) is 22.2 Å². The van der Waals surface area contributed by atoms with Gasteiger partial charge in [-0.2, -0.15) is 0 Å². The van der Waals surface area contributed by atoms with E-state index in [-0.39, 0.29) is 11.2 Å². The van der Waals surface area contributed by atoms with Gasteiger partial charge in [-0.15, -0.1) is 12.3 Å². The molecule has 0 spiro atoms. The third-order valence-corrected chi connectivity index (χ3v) is 2.65. The van der Waals surface area contributed by atoms with Crippen molar-refractivity contribution in [1.29, 1.82) is 0 Å². The first kappa shape index (κ1) is 12.8. The van der Waals surface area contributed by atoms with Gasteiger partial charge in [-0.05, 0) is 29.2 Å². The van der Waals surface area contributed by atoms with Gasteiger partial charge in [0.2, 0.25) is 5.52 Å². The van der Waals surface area contributed by atoms with Crippen LogP contribution in [-0.2, 0) is 0 Å². The van der Waals surface area contributed by atoms with Crippen LogP contribution in [0.2, 0.25) is 0 Å². The Bertz CT molecular complexity index is 629. The number of unbranched alkanes of at least 4 members (excludes halogenated alkanes) is 2. The minimum atomic E-state index is -0.511. The zero-order chi connectivity index (χ0) is 13.7. The molecule has 2 aromatic rings. The van der Waals surface area contributed by atoms with Gasteiger partial charge in [-0.3, -0.25) is 10.1 Å². The summed E-state index contributed by atoms with van der Waals surface area (Å²) in [6, 6.07) is 2.99. The van der Waals surface area contributed by atoms with Crippen LogP contribution in [-0.4, -0.2) is 21.8 Å². The highest BCUT2D eigenvalue weighted by Crippen LogP contribution is 2.28. The molecule has 7 heteroatoms. The van der Waals surface area contributed by atoms with Crippen molar-refractivity contribution in [1.82, 2.24) is 10.3 Å². The largest absolute Gasteiger partial charge is 0.383 e. The van der Waals surface area contributed by atoms with E-state index in [1.165, 1.54) is 6.07 Å². The molecule has 0 aliphatic rings. The monoisotopic (exact) mass is 260 g/mol. The van der Waals surface area contributed by atoms with Crippen LogP contribution < -0.4 is 5.32 Å². The van der Waals surface area contributed by atoms with E-state index in [0.717, 1.165) is 19.3 Å². The quantitative estimate of drug-likeness (QED) is 0.371.